The molecule has 10 atom stereocenters. The summed E-state index contributed by atoms with van der Waals surface area (Å²) in [5.74, 6) is 1.15. The standard InChI is InChI=1S/2C23H26FN3O3.2CH4/c2*1-12-4-3-5-15-18(7-6-16(24)20(12)15)30-19-10-17(21(28)22(19)29)27-9-8-14-13(2)25-11-26-23(14)27;;/h2*6-9,11-12,17,19,21-22,28-29H,3-5,10H2,1-2H3;2*1H4/t2*12?,17-,19+,21+,22-;;/m11../s1. The zero-order valence-corrected chi connectivity index (χ0v) is 34.2. The zero-order valence-electron chi connectivity index (χ0n) is 34.2. The fourth-order valence-corrected chi connectivity index (χ4v) is 10.3. The maximum Gasteiger partial charge on any atom is 0.143 e. The molecule has 62 heavy (non-hydrogen) atoms. The molecule has 6 aromatic rings. The summed E-state index contributed by atoms with van der Waals surface area (Å²) in [4.78, 5) is 17.2. The van der Waals surface area contributed by atoms with Crippen molar-refractivity contribution in [3.8, 4) is 11.5 Å². The highest BCUT2D eigenvalue weighted by Gasteiger charge is 2.46. The van der Waals surface area contributed by atoms with Gasteiger partial charge in [-0.1, -0.05) is 28.7 Å². The van der Waals surface area contributed by atoms with E-state index in [1.165, 1.54) is 24.8 Å². The third-order valence-corrected chi connectivity index (χ3v) is 13.5. The largest absolute Gasteiger partial charge is 0.487 e. The van der Waals surface area contributed by atoms with Crippen LogP contribution in [0.15, 0.2) is 61.4 Å². The first-order chi connectivity index (χ1) is 28.9. The predicted molar refractivity (Wildman–Crippen MR) is 234 cm³/mol. The number of aryl methyl sites for hydroxylation is 2. The van der Waals surface area contributed by atoms with E-state index in [4.69, 9.17) is 9.47 Å². The summed E-state index contributed by atoms with van der Waals surface area (Å²) in [5.41, 5.74) is 6.44. The molecule has 4 aliphatic carbocycles. The van der Waals surface area contributed by atoms with E-state index in [0.29, 0.717) is 24.3 Å². The summed E-state index contributed by atoms with van der Waals surface area (Å²) in [6.07, 6.45) is 7.79. The van der Waals surface area contributed by atoms with Gasteiger partial charge in [0.25, 0.3) is 0 Å². The second-order valence-electron chi connectivity index (χ2n) is 17.2. The monoisotopic (exact) mass is 854 g/mol. The van der Waals surface area contributed by atoms with Crippen LogP contribution in [0.1, 0.15) is 125 Å². The van der Waals surface area contributed by atoms with Gasteiger partial charge in [0.1, 0.15) is 83.7 Å². The van der Waals surface area contributed by atoms with Crippen LogP contribution in [0.3, 0.4) is 0 Å². The summed E-state index contributed by atoms with van der Waals surface area (Å²) in [6, 6.07) is 9.32. The van der Waals surface area contributed by atoms with Crippen molar-refractivity contribution in [1.82, 2.24) is 29.1 Å². The van der Waals surface area contributed by atoms with Gasteiger partial charge in [-0.25, -0.2) is 28.7 Å². The van der Waals surface area contributed by atoms with Gasteiger partial charge in [-0.15, -0.1) is 0 Å². The molecule has 2 unspecified atom stereocenters. The van der Waals surface area contributed by atoms with E-state index in [2.05, 4.69) is 19.9 Å². The molecule has 14 heteroatoms. The Kier molecular flexibility index (Phi) is 13.1. The van der Waals surface area contributed by atoms with Crippen molar-refractivity contribution in [1.29, 1.82) is 0 Å². The lowest BCUT2D eigenvalue weighted by Gasteiger charge is -2.27. The van der Waals surface area contributed by atoms with E-state index < -0.39 is 36.6 Å². The highest BCUT2D eigenvalue weighted by atomic mass is 19.1. The third kappa shape index (κ3) is 7.84. The highest BCUT2D eigenvalue weighted by Crippen LogP contribution is 2.43. The van der Waals surface area contributed by atoms with Gasteiger partial charge in [0.2, 0.25) is 0 Å². The second kappa shape index (κ2) is 18.0. The molecule has 0 radical (unpaired) electrons. The van der Waals surface area contributed by atoms with Crippen molar-refractivity contribution in [3.05, 3.63) is 107 Å². The van der Waals surface area contributed by atoms with Crippen LogP contribution in [0.4, 0.5) is 8.78 Å². The van der Waals surface area contributed by atoms with Crippen LogP contribution in [-0.2, 0) is 12.8 Å². The van der Waals surface area contributed by atoms with Gasteiger partial charge in [-0.05, 0) is 112 Å². The van der Waals surface area contributed by atoms with Crippen LogP contribution in [0, 0.1) is 25.5 Å². The Balaban J connectivity index is 0.000000181. The number of fused-ring (bicyclic) bond motifs is 4. The van der Waals surface area contributed by atoms with Gasteiger partial charge in [-0.3, -0.25) is 0 Å². The number of benzene rings is 2. The van der Waals surface area contributed by atoms with Gasteiger partial charge in [0.15, 0.2) is 0 Å². The third-order valence-electron chi connectivity index (χ3n) is 13.5. The molecule has 4 heterocycles. The molecule has 2 aromatic carbocycles. The summed E-state index contributed by atoms with van der Waals surface area (Å²) >= 11 is 0. The zero-order chi connectivity index (χ0) is 42.0. The van der Waals surface area contributed by atoms with Crippen LogP contribution in [0.25, 0.3) is 22.1 Å². The number of aliphatic hydroxyl groups is 4. The SMILES string of the molecule is C.C.Cc1ncnc2c1ccn2[C@@H]1C[C@H](Oc2ccc(F)c3c2CCCC3C)[C@@H](O)[C@H]1O.Cc1ncnc2c1ccn2[C@@H]1C[C@H](Oc2ccc(F)c3c2CCCC3C)[C@@H](O)[C@H]1O. The lowest BCUT2D eigenvalue weighted by atomic mass is 9.83. The molecule has 0 amide bonds. The van der Waals surface area contributed by atoms with Gasteiger partial charge in [-0.2, -0.15) is 0 Å². The summed E-state index contributed by atoms with van der Waals surface area (Å²) in [7, 11) is 0. The number of hydrogen-bond donors (Lipinski definition) is 4. The predicted octanol–water partition coefficient (Wildman–Crippen LogP) is 8.14. The molecule has 4 aromatic heterocycles. The Hall–Kier alpha value is -5.02. The Morgan fingerprint density at radius 2 is 0.984 bits per heavy atom. The molecule has 0 spiro atoms. The maximum absolute atomic E-state index is 14.4. The first kappa shape index (κ1) is 45.0. The fraction of sp³-hybridized carbons (Fsp3) is 0.500. The maximum atomic E-state index is 14.4. The minimum Gasteiger partial charge on any atom is -0.487 e. The molecule has 332 valence electrons. The van der Waals surface area contributed by atoms with E-state index in [0.717, 1.165) is 94.2 Å². The van der Waals surface area contributed by atoms with Crippen LogP contribution in [0.2, 0.25) is 0 Å². The van der Waals surface area contributed by atoms with Crippen LogP contribution < -0.4 is 9.47 Å². The van der Waals surface area contributed by atoms with Gasteiger partial charge in [0, 0.05) is 47.1 Å². The summed E-state index contributed by atoms with van der Waals surface area (Å²) in [6.45, 7) is 7.91. The fourth-order valence-electron chi connectivity index (χ4n) is 10.3. The molecule has 4 N–H and O–H groups in total. The highest BCUT2D eigenvalue weighted by molar-refractivity contribution is 5.79. The van der Waals surface area contributed by atoms with E-state index in [9.17, 15) is 29.2 Å². The normalized spacial score (nSPS) is 27.7. The van der Waals surface area contributed by atoms with Crippen LogP contribution in [-0.4, -0.2) is 86.1 Å². The molecule has 10 rings (SSSR count). The molecule has 2 saturated carbocycles. The molecule has 12 nitrogen and oxygen atoms in total. The minimum atomic E-state index is -1.04. The first-order valence-corrected chi connectivity index (χ1v) is 21.2. The van der Waals surface area contributed by atoms with Crippen molar-refractivity contribution in [2.24, 2.45) is 0 Å². The number of aliphatic hydroxyl groups excluding tert-OH is 4. The Labute approximate surface area is 361 Å². The summed E-state index contributed by atoms with van der Waals surface area (Å²) in [5, 5.41) is 44.9. The lowest BCUT2D eigenvalue weighted by molar-refractivity contribution is -0.0166. The Morgan fingerprint density at radius 3 is 1.39 bits per heavy atom. The molecule has 0 bridgehead atoms. The molecule has 4 aliphatic rings. The van der Waals surface area contributed by atoms with Crippen molar-refractivity contribution in [3.63, 3.8) is 0 Å². The van der Waals surface area contributed by atoms with Crippen molar-refractivity contribution >= 4 is 22.1 Å². The van der Waals surface area contributed by atoms with Crippen molar-refractivity contribution in [2.75, 3.05) is 0 Å². The lowest BCUT2D eigenvalue weighted by Crippen LogP contribution is -2.34. The van der Waals surface area contributed by atoms with E-state index in [1.807, 2.05) is 61.4 Å². The number of hydrogen-bond acceptors (Lipinski definition) is 10. The van der Waals surface area contributed by atoms with Crippen LogP contribution in [0.5, 0.6) is 11.5 Å². The Bertz CT molecular complexity index is 2370. The van der Waals surface area contributed by atoms with Crippen molar-refractivity contribution in [2.45, 2.75) is 154 Å². The van der Waals surface area contributed by atoms with E-state index in [-0.39, 0.29) is 50.4 Å². The number of ether oxygens (including phenoxy) is 2. The number of nitrogens with zero attached hydrogens (tertiary/aromatic N) is 6. The first-order valence-electron chi connectivity index (χ1n) is 21.2. The smallest absolute Gasteiger partial charge is 0.143 e. The molecule has 2 fully saturated rings. The number of aromatic nitrogens is 6. The summed E-state index contributed by atoms with van der Waals surface area (Å²) < 4.78 is 45.0. The molecular weight excluding hydrogens is 795 g/mol. The van der Waals surface area contributed by atoms with E-state index in [1.54, 1.807) is 12.1 Å². The van der Waals surface area contributed by atoms with Crippen LogP contribution >= 0.6 is 0 Å². The second-order valence-corrected chi connectivity index (χ2v) is 17.2. The number of halogens is 2. The molecule has 0 saturated heterocycles. The van der Waals surface area contributed by atoms with E-state index >= 15 is 0 Å². The molecule has 0 aliphatic heterocycles. The average molecular weight is 855 g/mol. The van der Waals surface area contributed by atoms with Crippen molar-refractivity contribution < 1.29 is 38.7 Å². The van der Waals surface area contributed by atoms with Gasteiger partial charge in [0.05, 0.1) is 23.5 Å². The minimum absolute atomic E-state index is 0. The topological polar surface area (TPSA) is 161 Å². The van der Waals surface area contributed by atoms with Gasteiger partial charge >= 0.3 is 0 Å². The average Bonchev–Trinajstić information content (AvgIpc) is 4.00. The quantitative estimate of drug-likeness (QED) is 0.129. The van der Waals surface area contributed by atoms with Gasteiger partial charge < -0.3 is 39.0 Å². The number of rotatable bonds is 6. The Morgan fingerprint density at radius 1 is 0.581 bits per heavy atom. The molecular formula is C48H60F2N6O6.